The summed E-state index contributed by atoms with van der Waals surface area (Å²) < 4.78 is 0. The molecule has 26 heavy (non-hydrogen) atoms. The summed E-state index contributed by atoms with van der Waals surface area (Å²) in [5, 5.41) is 3.58. The Bertz CT molecular complexity index is 749. The van der Waals surface area contributed by atoms with E-state index in [4.69, 9.17) is 11.6 Å². The van der Waals surface area contributed by atoms with E-state index in [0.29, 0.717) is 36.6 Å². The molecule has 136 valence electrons. The highest BCUT2D eigenvalue weighted by atomic mass is 35.5. The third kappa shape index (κ3) is 4.82. The first-order chi connectivity index (χ1) is 12.6. The van der Waals surface area contributed by atoms with Crippen molar-refractivity contribution in [1.82, 2.24) is 15.2 Å². The smallest absolute Gasteiger partial charge is 0.253 e. The number of carbonyl (C=O) groups excluding carboxylic acids is 2. The number of nitrogens with zero attached hydrogens (tertiary/aromatic N) is 2. The van der Waals surface area contributed by atoms with Gasteiger partial charge in [-0.05, 0) is 49.2 Å². The van der Waals surface area contributed by atoms with Crippen LogP contribution in [0.25, 0.3) is 0 Å². The molecule has 1 aliphatic rings. The van der Waals surface area contributed by atoms with Crippen LogP contribution in [0.5, 0.6) is 0 Å². The van der Waals surface area contributed by atoms with Crippen molar-refractivity contribution in [3.05, 3.63) is 64.9 Å². The van der Waals surface area contributed by atoms with E-state index in [1.807, 2.05) is 18.2 Å². The fourth-order valence-electron chi connectivity index (χ4n) is 3.15. The van der Waals surface area contributed by atoms with Gasteiger partial charge < -0.3 is 10.2 Å². The van der Waals surface area contributed by atoms with Crippen LogP contribution in [0, 0.1) is 5.92 Å². The van der Waals surface area contributed by atoms with Gasteiger partial charge in [-0.1, -0.05) is 17.7 Å². The minimum absolute atomic E-state index is 0.00883. The summed E-state index contributed by atoms with van der Waals surface area (Å²) in [7, 11) is 0. The molecule has 1 aromatic carbocycles. The van der Waals surface area contributed by atoms with E-state index >= 15 is 0 Å². The van der Waals surface area contributed by atoms with Crippen LogP contribution in [-0.4, -0.2) is 41.3 Å². The third-order valence-electron chi connectivity index (χ3n) is 4.58. The number of nitrogens with one attached hydrogen (secondary N) is 1. The minimum Gasteiger partial charge on any atom is -0.355 e. The number of pyridine rings is 1. The van der Waals surface area contributed by atoms with Gasteiger partial charge in [0.15, 0.2) is 0 Å². The van der Waals surface area contributed by atoms with Gasteiger partial charge in [0.2, 0.25) is 5.91 Å². The topological polar surface area (TPSA) is 62.3 Å². The molecule has 0 bridgehead atoms. The zero-order chi connectivity index (χ0) is 18.4. The number of hydrogen-bond donors (Lipinski definition) is 1. The largest absolute Gasteiger partial charge is 0.355 e. The number of aromatic nitrogens is 1. The zero-order valence-electron chi connectivity index (χ0n) is 14.5. The van der Waals surface area contributed by atoms with Crippen LogP contribution in [0.15, 0.2) is 48.7 Å². The van der Waals surface area contributed by atoms with E-state index in [1.165, 1.54) is 0 Å². The van der Waals surface area contributed by atoms with Crippen LogP contribution >= 0.6 is 11.6 Å². The second-order valence-electron chi connectivity index (χ2n) is 6.46. The normalized spacial score (nSPS) is 17.0. The Morgan fingerprint density at radius 2 is 2.00 bits per heavy atom. The zero-order valence-corrected chi connectivity index (χ0v) is 15.3. The van der Waals surface area contributed by atoms with Gasteiger partial charge in [0.05, 0.1) is 5.92 Å². The van der Waals surface area contributed by atoms with Crippen LogP contribution in [0.1, 0.15) is 28.9 Å². The summed E-state index contributed by atoms with van der Waals surface area (Å²) in [5.74, 6) is -0.203. The quantitative estimate of drug-likeness (QED) is 0.878. The molecule has 0 spiro atoms. The number of piperidine rings is 1. The molecule has 2 heterocycles. The molecule has 1 aromatic heterocycles. The lowest BCUT2D eigenvalue weighted by molar-refractivity contribution is -0.126. The average molecular weight is 372 g/mol. The molecule has 1 fully saturated rings. The Morgan fingerprint density at radius 3 is 2.73 bits per heavy atom. The lowest BCUT2D eigenvalue weighted by atomic mass is 9.96. The highest BCUT2D eigenvalue weighted by Crippen LogP contribution is 2.20. The van der Waals surface area contributed by atoms with E-state index in [2.05, 4.69) is 10.3 Å². The number of amides is 2. The van der Waals surface area contributed by atoms with Gasteiger partial charge in [-0.15, -0.1) is 0 Å². The van der Waals surface area contributed by atoms with Crippen molar-refractivity contribution in [3.63, 3.8) is 0 Å². The fraction of sp³-hybridized carbons (Fsp3) is 0.350. The van der Waals surface area contributed by atoms with Gasteiger partial charge in [-0.2, -0.15) is 0 Å². The summed E-state index contributed by atoms with van der Waals surface area (Å²) in [4.78, 5) is 31.1. The molecule has 0 aliphatic carbocycles. The number of halogens is 1. The summed E-state index contributed by atoms with van der Waals surface area (Å²) >= 11 is 5.88. The van der Waals surface area contributed by atoms with Crippen molar-refractivity contribution < 1.29 is 9.59 Å². The standard InChI is InChI=1S/C20H22ClN3O2/c21-17-8-6-15(7-9-17)20(26)24-13-3-4-16(14-24)19(25)23-12-10-18-5-1-2-11-22-18/h1-2,5-9,11,16H,3-4,10,12-14H2,(H,23,25). The first-order valence-corrected chi connectivity index (χ1v) is 9.24. The molecule has 5 nitrogen and oxygen atoms in total. The predicted molar refractivity (Wildman–Crippen MR) is 101 cm³/mol. The van der Waals surface area contributed by atoms with Gasteiger partial charge >= 0.3 is 0 Å². The molecule has 1 saturated heterocycles. The van der Waals surface area contributed by atoms with Crippen LogP contribution in [0.2, 0.25) is 5.02 Å². The maximum atomic E-state index is 12.6. The van der Waals surface area contributed by atoms with Crippen molar-refractivity contribution in [2.45, 2.75) is 19.3 Å². The maximum Gasteiger partial charge on any atom is 0.253 e. The molecule has 2 aromatic rings. The van der Waals surface area contributed by atoms with Crippen molar-refractivity contribution in [2.75, 3.05) is 19.6 Å². The molecule has 1 aliphatic heterocycles. The van der Waals surface area contributed by atoms with Crippen LogP contribution in [0.4, 0.5) is 0 Å². The molecular weight excluding hydrogens is 350 g/mol. The van der Waals surface area contributed by atoms with E-state index < -0.39 is 0 Å². The van der Waals surface area contributed by atoms with Crippen molar-refractivity contribution in [3.8, 4) is 0 Å². The molecule has 2 amide bonds. The number of carbonyl (C=O) groups is 2. The Labute approximate surface area is 158 Å². The summed E-state index contributed by atoms with van der Waals surface area (Å²) in [6, 6.07) is 12.6. The molecule has 0 saturated carbocycles. The van der Waals surface area contributed by atoms with Crippen molar-refractivity contribution >= 4 is 23.4 Å². The van der Waals surface area contributed by atoms with E-state index in [1.54, 1.807) is 35.4 Å². The van der Waals surface area contributed by atoms with Crippen molar-refractivity contribution in [1.29, 1.82) is 0 Å². The lowest BCUT2D eigenvalue weighted by Gasteiger charge is -2.32. The minimum atomic E-state index is -0.163. The number of hydrogen-bond acceptors (Lipinski definition) is 3. The second-order valence-corrected chi connectivity index (χ2v) is 6.90. The Hall–Kier alpha value is -2.40. The highest BCUT2D eigenvalue weighted by Gasteiger charge is 2.28. The van der Waals surface area contributed by atoms with Crippen LogP contribution in [0.3, 0.4) is 0 Å². The van der Waals surface area contributed by atoms with Crippen LogP contribution < -0.4 is 5.32 Å². The molecule has 1 unspecified atom stereocenters. The van der Waals surface area contributed by atoms with E-state index in [0.717, 1.165) is 18.5 Å². The highest BCUT2D eigenvalue weighted by molar-refractivity contribution is 6.30. The Morgan fingerprint density at radius 1 is 1.19 bits per heavy atom. The lowest BCUT2D eigenvalue weighted by Crippen LogP contribution is -2.45. The van der Waals surface area contributed by atoms with Gasteiger partial charge in [-0.3, -0.25) is 14.6 Å². The summed E-state index contributed by atoms with van der Waals surface area (Å²) in [5.41, 5.74) is 1.56. The molecule has 0 radical (unpaired) electrons. The summed E-state index contributed by atoms with van der Waals surface area (Å²) in [6.07, 6.45) is 4.09. The molecule has 6 heteroatoms. The molecular formula is C20H22ClN3O2. The van der Waals surface area contributed by atoms with Gasteiger partial charge in [0.1, 0.15) is 0 Å². The first kappa shape index (κ1) is 18.4. The van der Waals surface area contributed by atoms with Gasteiger partial charge in [-0.25, -0.2) is 0 Å². The summed E-state index contributed by atoms with van der Waals surface area (Å²) in [6.45, 7) is 1.69. The first-order valence-electron chi connectivity index (χ1n) is 8.86. The average Bonchev–Trinajstić information content (AvgIpc) is 2.69. The van der Waals surface area contributed by atoms with Gasteiger partial charge in [0.25, 0.3) is 5.91 Å². The maximum absolute atomic E-state index is 12.6. The number of rotatable bonds is 5. The fourth-order valence-corrected chi connectivity index (χ4v) is 3.28. The molecule has 1 N–H and O–H groups in total. The number of benzene rings is 1. The van der Waals surface area contributed by atoms with Crippen molar-refractivity contribution in [2.24, 2.45) is 5.92 Å². The second kappa shape index (κ2) is 8.81. The monoisotopic (exact) mass is 371 g/mol. The number of likely N-dealkylation sites (tertiary alicyclic amines) is 1. The molecule has 3 rings (SSSR count). The third-order valence-corrected chi connectivity index (χ3v) is 4.83. The van der Waals surface area contributed by atoms with Gasteiger partial charge in [0, 0.05) is 48.5 Å². The Balaban J connectivity index is 1.51. The predicted octanol–water partition coefficient (Wildman–Crippen LogP) is 2.95. The van der Waals surface area contributed by atoms with E-state index in [9.17, 15) is 9.59 Å². The molecule has 1 atom stereocenters. The van der Waals surface area contributed by atoms with E-state index in [-0.39, 0.29) is 17.7 Å². The van der Waals surface area contributed by atoms with Crippen LogP contribution in [-0.2, 0) is 11.2 Å². The SMILES string of the molecule is O=C(NCCc1ccccn1)C1CCCN(C(=O)c2ccc(Cl)cc2)C1. The Kier molecular flexibility index (Phi) is 6.23.